The summed E-state index contributed by atoms with van der Waals surface area (Å²) in [6, 6.07) is 0. The van der Waals surface area contributed by atoms with E-state index in [9.17, 15) is 0 Å². The molecular formula is C11H12ClN5S. The molecule has 2 aromatic rings. The molecule has 2 rings (SSSR count). The Balaban J connectivity index is 2.37. The van der Waals surface area contributed by atoms with Gasteiger partial charge in [-0.3, -0.25) is 0 Å². The van der Waals surface area contributed by atoms with Crippen molar-refractivity contribution in [1.82, 2.24) is 19.9 Å². The second kappa shape index (κ2) is 5.07. The van der Waals surface area contributed by atoms with Gasteiger partial charge < -0.3 is 5.73 Å². The predicted octanol–water partition coefficient (Wildman–Crippen LogP) is 2.58. The predicted molar refractivity (Wildman–Crippen MR) is 71.8 cm³/mol. The first-order valence-electron chi connectivity index (χ1n) is 5.25. The molecule has 0 aliphatic rings. The fraction of sp³-hybridized carbons (Fsp3) is 0.273. The van der Waals surface area contributed by atoms with Crippen LogP contribution in [0.3, 0.4) is 0 Å². The topological polar surface area (TPSA) is 77.6 Å². The van der Waals surface area contributed by atoms with Crippen molar-refractivity contribution >= 4 is 29.1 Å². The summed E-state index contributed by atoms with van der Waals surface area (Å²) in [5.41, 5.74) is 9.23. The maximum Gasteiger partial charge on any atom is 0.223 e. The number of aryl methyl sites for hydroxylation is 2. The highest BCUT2D eigenvalue weighted by Crippen LogP contribution is 2.29. The maximum absolute atomic E-state index is 5.78. The first-order chi connectivity index (χ1) is 8.47. The number of halogens is 1. The molecule has 0 saturated carbocycles. The van der Waals surface area contributed by atoms with E-state index in [4.69, 9.17) is 17.3 Å². The second-order valence-electron chi connectivity index (χ2n) is 3.80. The third-order valence-corrected chi connectivity index (χ3v) is 3.62. The highest BCUT2D eigenvalue weighted by atomic mass is 35.5. The first-order valence-corrected chi connectivity index (χ1v) is 6.44. The van der Waals surface area contributed by atoms with Gasteiger partial charge in [0.25, 0.3) is 0 Å². The van der Waals surface area contributed by atoms with Crippen LogP contribution in [0.1, 0.15) is 17.0 Å². The Hall–Kier alpha value is -1.40. The van der Waals surface area contributed by atoms with Crippen molar-refractivity contribution in [2.45, 2.75) is 31.0 Å². The van der Waals surface area contributed by atoms with E-state index < -0.39 is 0 Å². The maximum atomic E-state index is 5.78. The zero-order chi connectivity index (χ0) is 13.3. The zero-order valence-electron chi connectivity index (χ0n) is 10.2. The monoisotopic (exact) mass is 281 g/mol. The number of nitrogen functional groups attached to an aromatic ring is 1. The molecule has 0 atom stereocenters. The van der Waals surface area contributed by atoms with Crippen molar-refractivity contribution in [1.29, 1.82) is 0 Å². The van der Waals surface area contributed by atoms with Gasteiger partial charge in [-0.1, -0.05) is 0 Å². The van der Waals surface area contributed by atoms with E-state index in [0.29, 0.717) is 15.9 Å². The molecule has 0 spiro atoms. The summed E-state index contributed by atoms with van der Waals surface area (Å²) < 4.78 is 0. The highest BCUT2D eigenvalue weighted by Gasteiger charge is 2.10. The SMILES string of the molecule is Cc1nc(Sc2nc(Cl)ncc2N)nc(C)c1C. The molecule has 94 valence electrons. The molecule has 5 nitrogen and oxygen atoms in total. The fourth-order valence-electron chi connectivity index (χ4n) is 1.31. The Morgan fingerprint density at radius 3 is 2.33 bits per heavy atom. The lowest BCUT2D eigenvalue weighted by molar-refractivity contribution is 0.877. The molecule has 0 amide bonds. The molecule has 0 saturated heterocycles. The van der Waals surface area contributed by atoms with Crippen LogP contribution >= 0.6 is 23.4 Å². The van der Waals surface area contributed by atoms with Crippen LogP contribution in [0.25, 0.3) is 0 Å². The molecule has 0 aliphatic heterocycles. The molecule has 0 aromatic carbocycles. The number of nitrogens with zero attached hydrogens (tertiary/aromatic N) is 4. The molecule has 2 N–H and O–H groups in total. The number of rotatable bonds is 2. The molecule has 2 heterocycles. The third-order valence-electron chi connectivity index (χ3n) is 2.55. The van der Waals surface area contributed by atoms with Gasteiger partial charge in [0.05, 0.1) is 11.9 Å². The quantitative estimate of drug-likeness (QED) is 0.673. The van der Waals surface area contributed by atoms with Gasteiger partial charge in [-0.15, -0.1) is 0 Å². The summed E-state index contributed by atoms with van der Waals surface area (Å²) in [5, 5.41) is 1.34. The van der Waals surface area contributed by atoms with E-state index in [2.05, 4.69) is 19.9 Å². The lowest BCUT2D eigenvalue weighted by atomic mass is 10.2. The van der Waals surface area contributed by atoms with Crippen LogP contribution in [0.15, 0.2) is 16.4 Å². The van der Waals surface area contributed by atoms with Crippen LogP contribution in [-0.4, -0.2) is 19.9 Å². The molecule has 0 radical (unpaired) electrons. The summed E-state index contributed by atoms with van der Waals surface area (Å²) in [6.45, 7) is 5.89. The van der Waals surface area contributed by atoms with E-state index in [1.807, 2.05) is 20.8 Å². The fourth-order valence-corrected chi connectivity index (χ4v) is 2.33. The summed E-state index contributed by atoms with van der Waals surface area (Å²) in [4.78, 5) is 16.7. The molecular weight excluding hydrogens is 270 g/mol. The number of nitrogens with two attached hydrogens (primary N) is 1. The standard InChI is InChI=1S/C11H12ClN5S/c1-5-6(2)15-11(16-7(5)3)18-9-8(13)4-14-10(12)17-9/h4H,13H2,1-3H3. The third kappa shape index (κ3) is 2.70. The molecule has 0 aliphatic carbocycles. The van der Waals surface area contributed by atoms with Crippen molar-refractivity contribution in [3.8, 4) is 0 Å². The van der Waals surface area contributed by atoms with Crippen LogP contribution in [0.4, 0.5) is 5.69 Å². The average molecular weight is 282 g/mol. The first kappa shape index (κ1) is 13.0. The summed E-state index contributed by atoms with van der Waals surface area (Å²) in [6.07, 6.45) is 1.48. The minimum Gasteiger partial charge on any atom is -0.395 e. The van der Waals surface area contributed by atoms with Crippen LogP contribution in [0.5, 0.6) is 0 Å². The van der Waals surface area contributed by atoms with E-state index >= 15 is 0 Å². The molecule has 7 heteroatoms. The van der Waals surface area contributed by atoms with E-state index in [0.717, 1.165) is 17.0 Å². The van der Waals surface area contributed by atoms with Gasteiger partial charge in [0.1, 0.15) is 5.03 Å². The Kier molecular flexibility index (Phi) is 3.68. The van der Waals surface area contributed by atoms with E-state index in [-0.39, 0.29) is 5.28 Å². The van der Waals surface area contributed by atoms with Gasteiger partial charge in [0, 0.05) is 11.4 Å². The summed E-state index contributed by atoms with van der Waals surface area (Å²) in [5.74, 6) is 0. The lowest BCUT2D eigenvalue weighted by Gasteiger charge is -2.07. The van der Waals surface area contributed by atoms with Crippen molar-refractivity contribution in [2.24, 2.45) is 0 Å². The Morgan fingerprint density at radius 2 is 1.72 bits per heavy atom. The van der Waals surface area contributed by atoms with E-state index in [1.165, 1.54) is 18.0 Å². The largest absolute Gasteiger partial charge is 0.395 e. The van der Waals surface area contributed by atoms with Crippen LogP contribution in [-0.2, 0) is 0 Å². The molecule has 0 fully saturated rings. The van der Waals surface area contributed by atoms with Crippen molar-refractivity contribution in [3.63, 3.8) is 0 Å². The number of hydrogen-bond acceptors (Lipinski definition) is 6. The lowest BCUT2D eigenvalue weighted by Crippen LogP contribution is -2.00. The summed E-state index contributed by atoms with van der Waals surface area (Å²) in [7, 11) is 0. The van der Waals surface area contributed by atoms with Crippen molar-refractivity contribution in [3.05, 3.63) is 28.4 Å². The molecule has 0 unspecified atom stereocenters. The number of hydrogen-bond donors (Lipinski definition) is 1. The molecule has 2 aromatic heterocycles. The smallest absolute Gasteiger partial charge is 0.223 e. The zero-order valence-corrected chi connectivity index (χ0v) is 11.8. The van der Waals surface area contributed by atoms with Gasteiger partial charge >= 0.3 is 0 Å². The van der Waals surface area contributed by atoms with E-state index in [1.54, 1.807) is 0 Å². The Bertz CT molecular complexity index is 579. The normalized spacial score (nSPS) is 10.7. The van der Waals surface area contributed by atoms with Crippen LogP contribution in [0.2, 0.25) is 5.28 Å². The Labute approximate surface area is 114 Å². The minimum atomic E-state index is 0.159. The van der Waals surface area contributed by atoms with Gasteiger partial charge in [0.15, 0.2) is 5.16 Å². The molecule has 18 heavy (non-hydrogen) atoms. The second-order valence-corrected chi connectivity index (χ2v) is 5.10. The summed E-state index contributed by atoms with van der Waals surface area (Å²) >= 11 is 7.02. The van der Waals surface area contributed by atoms with Gasteiger partial charge in [-0.2, -0.15) is 0 Å². The van der Waals surface area contributed by atoms with Crippen LogP contribution in [0, 0.1) is 20.8 Å². The van der Waals surface area contributed by atoms with Crippen molar-refractivity contribution in [2.75, 3.05) is 5.73 Å². The highest BCUT2D eigenvalue weighted by molar-refractivity contribution is 7.99. The van der Waals surface area contributed by atoms with Gasteiger partial charge in [0.2, 0.25) is 5.28 Å². The van der Waals surface area contributed by atoms with Gasteiger partial charge in [-0.05, 0) is 49.7 Å². The average Bonchev–Trinajstić information content (AvgIpc) is 2.31. The van der Waals surface area contributed by atoms with Gasteiger partial charge in [-0.25, -0.2) is 19.9 Å². The minimum absolute atomic E-state index is 0.159. The van der Waals surface area contributed by atoms with Crippen LogP contribution < -0.4 is 5.73 Å². The number of aromatic nitrogens is 4. The number of anilines is 1. The molecule has 0 bridgehead atoms. The van der Waals surface area contributed by atoms with Crippen molar-refractivity contribution < 1.29 is 0 Å². The Morgan fingerprint density at radius 1 is 1.11 bits per heavy atom.